The molecule has 0 bridgehead atoms. The average molecular weight is 495 g/mol. The van der Waals surface area contributed by atoms with Gasteiger partial charge in [0.15, 0.2) is 23.0 Å². The summed E-state index contributed by atoms with van der Waals surface area (Å²) >= 11 is 0. The molecule has 13 heteroatoms. The lowest BCUT2D eigenvalue weighted by Crippen LogP contribution is -2.66. The number of fused-ring (bicyclic) bond motifs is 2. The number of benzene rings is 1. The van der Waals surface area contributed by atoms with E-state index >= 15 is 0 Å². The van der Waals surface area contributed by atoms with Gasteiger partial charge >= 0.3 is 18.1 Å². The zero-order chi connectivity index (χ0) is 25.5. The van der Waals surface area contributed by atoms with Crippen molar-refractivity contribution in [3.8, 4) is 0 Å². The van der Waals surface area contributed by atoms with Crippen molar-refractivity contribution in [3.05, 3.63) is 59.0 Å². The van der Waals surface area contributed by atoms with Crippen LogP contribution in [-0.2, 0) is 24.1 Å². The van der Waals surface area contributed by atoms with Gasteiger partial charge in [-0.3, -0.25) is 14.5 Å². The van der Waals surface area contributed by atoms with E-state index in [2.05, 4.69) is 15.1 Å². The number of nitrogens with one attached hydrogen (secondary N) is 1. The number of nitrogens with two attached hydrogens (primary N) is 1. The maximum absolute atomic E-state index is 13.4. The van der Waals surface area contributed by atoms with Crippen LogP contribution in [0.5, 0.6) is 0 Å². The molecule has 3 aliphatic rings. The Labute approximate surface area is 196 Å². The molecular weight excluding hydrogens is 475 g/mol. The number of alkyl halides is 3. The van der Waals surface area contributed by atoms with Crippen molar-refractivity contribution >= 4 is 23.5 Å². The van der Waals surface area contributed by atoms with E-state index in [-0.39, 0.29) is 36.4 Å². The van der Waals surface area contributed by atoms with Crippen molar-refractivity contribution in [1.29, 1.82) is 0 Å². The van der Waals surface area contributed by atoms with E-state index in [1.54, 1.807) is 6.07 Å². The molecule has 186 valence electrons. The van der Waals surface area contributed by atoms with Gasteiger partial charge in [0.2, 0.25) is 0 Å². The molecule has 1 saturated heterocycles. The highest BCUT2D eigenvalue weighted by Gasteiger charge is 2.49. The summed E-state index contributed by atoms with van der Waals surface area (Å²) in [6.45, 7) is 1.26. The highest BCUT2D eigenvalue weighted by molar-refractivity contribution is 6.17. The van der Waals surface area contributed by atoms with Crippen LogP contribution >= 0.6 is 0 Å². The number of rotatable bonds is 3. The summed E-state index contributed by atoms with van der Waals surface area (Å²) in [5, 5.41) is 1.13. The van der Waals surface area contributed by atoms with E-state index in [4.69, 9.17) is 10.6 Å². The van der Waals surface area contributed by atoms with Crippen molar-refractivity contribution in [3.63, 3.8) is 0 Å². The van der Waals surface area contributed by atoms with Crippen molar-refractivity contribution in [1.82, 2.24) is 10.4 Å². The van der Waals surface area contributed by atoms with Gasteiger partial charge in [-0.05, 0) is 19.4 Å². The van der Waals surface area contributed by atoms with Gasteiger partial charge in [-0.2, -0.15) is 23.1 Å². The standard InChI is InChI=1S/C22H20F3N3O7/c1-21(26)19(31)35-33-10-4-9-28(21)27-16-14(34-20(32)22(23,24)25)8-7-13-15(16)18(30)12-6-3-2-5-11(12)17(13)29/h2-3,5-8,13,15,27H,4,9-10,26H2,1H3/t13?,15?,21-/m1/s1. The second-order valence-electron chi connectivity index (χ2n) is 8.26. The van der Waals surface area contributed by atoms with Gasteiger partial charge < -0.3 is 15.9 Å². The van der Waals surface area contributed by atoms with Gasteiger partial charge in [0.05, 0.1) is 24.1 Å². The Hall–Kier alpha value is -3.55. The number of halogens is 3. The normalized spacial score (nSPS) is 27.4. The summed E-state index contributed by atoms with van der Waals surface area (Å²) in [5.74, 6) is -7.70. The fourth-order valence-electron chi connectivity index (χ4n) is 4.01. The minimum Gasteiger partial charge on any atom is -0.418 e. The van der Waals surface area contributed by atoms with Crippen LogP contribution in [0.4, 0.5) is 13.2 Å². The van der Waals surface area contributed by atoms with E-state index in [1.807, 2.05) is 0 Å². The molecule has 1 aliphatic heterocycles. The number of hydrazine groups is 1. The Balaban J connectivity index is 1.81. The zero-order valence-electron chi connectivity index (χ0n) is 18.3. The molecule has 10 nitrogen and oxygen atoms in total. The van der Waals surface area contributed by atoms with E-state index < -0.39 is 52.9 Å². The Morgan fingerprint density at radius 1 is 1.20 bits per heavy atom. The Morgan fingerprint density at radius 2 is 1.86 bits per heavy atom. The second-order valence-corrected chi connectivity index (χ2v) is 8.26. The molecule has 3 atom stereocenters. The third-order valence-electron chi connectivity index (χ3n) is 5.84. The highest BCUT2D eigenvalue weighted by Crippen LogP contribution is 2.40. The fourth-order valence-corrected chi connectivity index (χ4v) is 4.01. The summed E-state index contributed by atoms with van der Waals surface area (Å²) in [4.78, 5) is 59.9. The molecule has 3 N–H and O–H groups in total. The molecule has 1 heterocycles. The van der Waals surface area contributed by atoms with Gasteiger partial charge in [0.25, 0.3) is 0 Å². The average Bonchev–Trinajstić information content (AvgIpc) is 2.80. The first-order valence-corrected chi connectivity index (χ1v) is 10.5. The molecule has 1 fully saturated rings. The molecule has 35 heavy (non-hydrogen) atoms. The number of hydrogen-bond donors (Lipinski definition) is 2. The SMILES string of the molecule is C[C@]1(N)C(=O)OOCCCN1NC1=C(OC(=O)C(F)(F)F)C=CC2C(=O)c3ccccc3C(=O)C12. The smallest absolute Gasteiger partial charge is 0.418 e. The number of esters is 1. The van der Waals surface area contributed by atoms with E-state index in [0.29, 0.717) is 0 Å². The predicted octanol–water partition coefficient (Wildman–Crippen LogP) is 1.54. The largest absolute Gasteiger partial charge is 0.491 e. The van der Waals surface area contributed by atoms with Crippen LogP contribution < -0.4 is 11.2 Å². The topological polar surface area (TPSA) is 137 Å². The summed E-state index contributed by atoms with van der Waals surface area (Å²) in [6.07, 6.45) is -2.85. The van der Waals surface area contributed by atoms with Crippen LogP contribution in [0.3, 0.4) is 0 Å². The lowest BCUT2D eigenvalue weighted by atomic mass is 9.70. The Morgan fingerprint density at radius 3 is 2.51 bits per heavy atom. The maximum atomic E-state index is 13.4. The van der Waals surface area contributed by atoms with Crippen LogP contribution in [0.15, 0.2) is 47.9 Å². The first-order valence-electron chi connectivity index (χ1n) is 10.5. The van der Waals surface area contributed by atoms with Crippen LogP contribution in [0.25, 0.3) is 0 Å². The molecule has 1 aromatic rings. The van der Waals surface area contributed by atoms with Crippen molar-refractivity contribution in [2.24, 2.45) is 17.6 Å². The van der Waals surface area contributed by atoms with Crippen LogP contribution in [-0.4, -0.2) is 53.5 Å². The van der Waals surface area contributed by atoms with Crippen LogP contribution in [0.1, 0.15) is 34.1 Å². The summed E-state index contributed by atoms with van der Waals surface area (Å²) in [7, 11) is 0. The Bertz CT molecular complexity index is 1160. The minimum absolute atomic E-state index is 0.00822. The monoisotopic (exact) mass is 495 g/mol. The maximum Gasteiger partial charge on any atom is 0.491 e. The van der Waals surface area contributed by atoms with Crippen molar-refractivity contribution < 1.29 is 46.9 Å². The highest BCUT2D eigenvalue weighted by atomic mass is 19.4. The quantitative estimate of drug-likeness (QED) is 0.469. The number of carbonyl (C=O) groups is 4. The predicted molar refractivity (Wildman–Crippen MR) is 109 cm³/mol. The zero-order valence-corrected chi connectivity index (χ0v) is 18.3. The van der Waals surface area contributed by atoms with Gasteiger partial charge in [0, 0.05) is 17.7 Å². The fraction of sp³-hybridized carbons (Fsp3) is 0.364. The molecule has 0 spiro atoms. The molecular formula is C22H20F3N3O7. The number of carbonyl (C=O) groups excluding carboxylic acids is 4. The number of nitrogens with zero attached hydrogens (tertiary/aromatic N) is 1. The van der Waals surface area contributed by atoms with Gasteiger partial charge in [-0.25, -0.2) is 9.59 Å². The first kappa shape index (κ1) is 24.6. The van der Waals surface area contributed by atoms with Crippen LogP contribution in [0.2, 0.25) is 0 Å². The lowest BCUT2D eigenvalue weighted by Gasteiger charge is -2.41. The molecule has 0 aromatic heterocycles. The number of allylic oxidation sites excluding steroid dienone is 3. The molecule has 4 rings (SSSR count). The third-order valence-corrected chi connectivity index (χ3v) is 5.84. The molecule has 0 saturated carbocycles. The molecule has 0 radical (unpaired) electrons. The molecule has 1 aromatic carbocycles. The van der Waals surface area contributed by atoms with Gasteiger partial charge in [-0.15, -0.1) is 0 Å². The van der Waals surface area contributed by atoms with Gasteiger partial charge in [-0.1, -0.05) is 30.3 Å². The van der Waals surface area contributed by atoms with Crippen LogP contribution in [0, 0.1) is 11.8 Å². The Kier molecular flexibility index (Phi) is 6.25. The lowest BCUT2D eigenvalue weighted by molar-refractivity contribution is -0.288. The molecule has 0 amide bonds. The summed E-state index contributed by atoms with van der Waals surface area (Å²) in [5.41, 5.74) is 6.78. The third kappa shape index (κ3) is 4.45. The van der Waals surface area contributed by atoms with E-state index in [9.17, 15) is 32.3 Å². The first-order chi connectivity index (χ1) is 16.4. The second kappa shape index (κ2) is 8.91. The minimum atomic E-state index is -5.33. The number of ketones is 2. The number of ether oxygens (including phenoxy) is 1. The molecule has 2 aliphatic carbocycles. The summed E-state index contributed by atoms with van der Waals surface area (Å²) < 4.78 is 43.5. The number of hydrogen-bond acceptors (Lipinski definition) is 10. The van der Waals surface area contributed by atoms with Gasteiger partial charge in [0.1, 0.15) is 0 Å². The van der Waals surface area contributed by atoms with Crippen molar-refractivity contribution in [2.45, 2.75) is 25.2 Å². The van der Waals surface area contributed by atoms with Crippen molar-refractivity contribution in [2.75, 3.05) is 13.2 Å². The van der Waals surface area contributed by atoms with E-state index in [1.165, 1.54) is 31.2 Å². The number of Topliss-reactive ketones (excluding diaryl/α,β-unsaturated/α-hetero) is 2. The van der Waals surface area contributed by atoms with E-state index in [0.717, 1.165) is 11.1 Å². The summed E-state index contributed by atoms with van der Waals surface area (Å²) in [6, 6.07) is 6.01. The molecule has 2 unspecified atom stereocenters.